The maximum absolute atomic E-state index is 12.9. The first-order valence-corrected chi connectivity index (χ1v) is 12.2. The van der Waals surface area contributed by atoms with Gasteiger partial charge < -0.3 is 15.0 Å². The number of piperazine rings is 1. The predicted octanol–water partition coefficient (Wildman–Crippen LogP) is 1.92. The molecular formula is C23H32N4O4S. The van der Waals surface area contributed by atoms with Crippen LogP contribution in [0.3, 0.4) is 0 Å². The molecule has 0 saturated carbocycles. The van der Waals surface area contributed by atoms with Crippen molar-refractivity contribution < 1.29 is 17.9 Å². The highest BCUT2D eigenvalue weighted by Crippen LogP contribution is 2.19. The number of anilines is 1. The first-order chi connectivity index (χ1) is 15.3. The summed E-state index contributed by atoms with van der Waals surface area (Å²) in [6.07, 6.45) is 0. The van der Waals surface area contributed by atoms with Crippen LogP contribution >= 0.6 is 0 Å². The highest BCUT2D eigenvalue weighted by molar-refractivity contribution is 7.89. The molecule has 1 heterocycles. The zero-order valence-electron chi connectivity index (χ0n) is 18.9. The zero-order chi connectivity index (χ0) is 23.1. The third-order valence-corrected chi connectivity index (χ3v) is 7.01. The Hall–Kier alpha value is -2.30. The number of methoxy groups -OCH3 is 1. The molecule has 0 radical (unpaired) electrons. The lowest BCUT2D eigenvalue weighted by molar-refractivity contribution is 0.102. The summed E-state index contributed by atoms with van der Waals surface area (Å²) in [6.45, 7) is 7.19. The molecule has 1 amide bonds. The lowest BCUT2D eigenvalue weighted by Gasteiger charge is -2.32. The first-order valence-electron chi connectivity index (χ1n) is 10.7. The maximum atomic E-state index is 12.9. The molecular weight excluding hydrogens is 428 g/mol. The van der Waals surface area contributed by atoms with E-state index in [1.165, 1.54) is 19.2 Å². The summed E-state index contributed by atoms with van der Waals surface area (Å²) >= 11 is 0. The second-order valence-electron chi connectivity index (χ2n) is 8.10. The third-order valence-electron chi connectivity index (χ3n) is 5.55. The van der Waals surface area contributed by atoms with E-state index in [0.717, 1.165) is 38.3 Å². The predicted molar refractivity (Wildman–Crippen MR) is 125 cm³/mol. The average molecular weight is 461 g/mol. The Kier molecular flexibility index (Phi) is 8.38. The summed E-state index contributed by atoms with van der Waals surface area (Å²) in [5, 5.41) is 2.91. The minimum Gasteiger partial charge on any atom is -0.383 e. The summed E-state index contributed by atoms with van der Waals surface area (Å²) in [5.41, 5.74) is 2.84. The van der Waals surface area contributed by atoms with Gasteiger partial charge in [-0.05, 0) is 49.4 Å². The van der Waals surface area contributed by atoms with Gasteiger partial charge in [-0.15, -0.1) is 0 Å². The Morgan fingerprint density at radius 3 is 2.56 bits per heavy atom. The molecule has 1 aliphatic heterocycles. The number of hydrogen-bond donors (Lipinski definition) is 2. The standard InChI is InChI=1S/C23H32N4O4S/c1-18-7-8-21(32(29,30)24-9-14-31-3)16-22(18)23(28)25-20-6-4-5-19(15-20)17-27-12-10-26(2)11-13-27/h4-8,15-16,24H,9-14,17H2,1-3H3,(H,25,28). The molecule has 9 heteroatoms. The van der Waals surface area contributed by atoms with Crippen LogP contribution in [0, 0.1) is 6.92 Å². The molecule has 2 aromatic rings. The van der Waals surface area contributed by atoms with Gasteiger partial charge in [-0.3, -0.25) is 9.69 Å². The smallest absolute Gasteiger partial charge is 0.255 e. The van der Waals surface area contributed by atoms with Crippen molar-refractivity contribution in [1.82, 2.24) is 14.5 Å². The number of aryl methyl sites for hydroxylation is 1. The molecule has 2 N–H and O–H groups in total. The summed E-state index contributed by atoms with van der Waals surface area (Å²) in [6, 6.07) is 12.3. The number of rotatable bonds is 9. The number of likely N-dealkylation sites (N-methyl/N-ethyl adjacent to an activating group) is 1. The summed E-state index contributed by atoms with van der Waals surface area (Å²) in [5.74, 6) is -0.340. The number of ether oxygens (including phenoxy) is 1. The quantitative estimate of drug-likeness (QED) is 0.556. The fourth-order valence-electron chi connectivity index (χ4n) is 3.58. The molecule has 0 aliphatic carbocycles. The van der Waals surface area contributed by atoms with Crippen LogP contribution in [-0.2, 0) is 21.3 Å². The van der Waals surface area contributed by atoms with Gasteiger partial charge in [-0.25, -0.2) is 13.1 Å². The molecule has 1 saturated heterocycles. The van der Waals surface area contributed by atoms with Crippen LogP contribution in [0.2, 0.25) is 0 Å². The van der Waals surface area contributed by atoms with Gasteiger partial charge in [0.25, 0.3) is 5.91 Å². The van der Waals surface area contributed by atoms with E-state index in [-0.39, 0.29) is 24.0 Å². The van der Waals surface area contributed by atoms with E-state index in [2.05, 4.69) is 33.0 Å². The first kappa shape index (κ1) is 24.3. The van der Waals surface area contributed by atoms with Crippen molar-refractivity contribution in [3.63, 3.8) is 0 Å². The van der Waals surface area contributed by atoms with E-state index in [1.54, 1.807) is 13.0 Å². The Bertz CT molecular complexity index is 1030. The maximum Gasteiger partial charge on any atom is 0.255 e. The van der Waals surface area contributed by atoms with Gasteiger partial charge in [-0.1, -0.05) is 18.2 Å². The molecule has 32 heavy (non-hydrogen) atoms. The fraction of sp³-hybridized carbons (Fsp3) is 0.435. The van der Waals surface area contributed by atoms with Crippen molar-refractivity contribution in [1.29, 1.82) is 0 Å². The van der Waals surface area contributed by atoms with E-state index in [1.807, 2.05) is 18.2 Å². The van der Waals surface area contributed by atoms with Gasteiger partial charge in [0.2, 0.25) is 10.0 Å². The zero-order valence-corrected chi connectivity index (χ0v) is 19.7. The van der Waals surface area contributed by atoms with Gasteiger partial charge in [0, 0.05) is 57.6 Å². The van der Waals surface area contributed by atoms with Crippen LogP contribution < -0.4 is 10.0 Å². The van der Waals surface area contributed by atoms with Crippen LogP contribution in [0.5, 0.6) is 0 Å². The third kappa shape index (κ3) is 6.60. The molecule has 0 spiro atoms. The van der Waals surface area contributed by atoms with Crippen molar-refractivity contribution in [2.45, 2.75) is 18.4 Å². The number of nitrogens with zero attached hydrogens (tertiary/aromatic N) is 2. The number of amides is 1. The monoisotopic (exact) mass is 460 g/mol. The number of carbonyl (C=O) groups excluding carboxylic acids is 1. The van der Waals surface area contributed by atoms with Gasteiger partial charge in [0.05, 0.1) is 11.5 Å². The molecule has 1 fully saturated rings. The Labute approximate surface area is 190 Å². The highest BCUT2D eigenvalue weighted by Gasteiger charge is 2.18. The minimum atomic E-state index is -3.72. The SMILES string of the molecule is COCCNS(=O)(=O)c1ccc(C)c(C(=O)Nc2cccc(CN3CCN(C)CC3)c2)c1. The molecule has 0 aromatic heterocycles. The number of nitrogens with one attached hydrogen (secondary N) is 2. The largest absolute Gasteiger partial charge is 0.383 e. The van der Waals surface area contributed by atoms with Gasteiger partial charge in [-0.2, -0.15) is 0 Å². The van der Waals surface area contributed by atoms with Crippen molar-refractivity contribution in [2.75, 3.05) is 58.8 Å². The number of benzene rings is 2. The van der Waals surface area contributed by atoms with Crippen LogP contribution in [-0.4, -0.2) is 77.6 Å². The van der Waals surface area contributed by atoms with E-state index < -0.39 is 10.0 Å². The van der Waals surface area contributed by atoms with Crippen LogP contribution in [0.1, 0.15) is 21.5 Å². The Morgan fingerprint density at radius 1 is 1.09 bits per heavy atom. The Morgan fingerprint density at radius 2 is 1.84 bits per heavy atom. The second-order valence-corrected chi connectivity index (χ2v) is 9.87. The normalized spacial score (nSPS) is 15.6. The van der Waals surface area contributed by atoms with Crippen molar-refractivity contribution >= 4 is 21.6 Å². The lowest BCUT2D eigenvalue weighted by Crippen LogP contribution is -2.43. The Balaban J connectivity index is 1.70. The minimum absolute atomic E-state index is 0.0492. The number of sulfonamides is 1. The molecule has 8 nitrogen and oxygen atoms in total. The molecule has 0 atom stereocenters. The van der Waals surface area contributed by atoms with E-state index in [9.17, 15) is 13.2 Å². The molecule has 2 aromatic carbocycles. The topological polar surface area (TPSA) is 91.0 Å². The summed E-state index contributed by atoms with van der Waals surface area (Å²) < 4.78 is 32.4. The molecule has 0 unspecified atom stereocenters. The van der Waals surface area contributed by atoms with E-state index >= 15 is 0 Å². The van der Waals surface area contributed by atoms with Crippen LogP contribution in [0.15, 0.2) is 47.4 Å². The number of carbonyl (C=O) groups is 1. The average Bonchev–Trinajstić information content (AvgIpc) is 2.76. The number of hydrogen-bond acceptors (Lipinski definition) is 6. The molecule has 174 valence electrons. The fourth-order valence-corrected chi connectivity index (χ4v) is 4.62. The highest BCUT2D eigenvalue weighted by atomic mass is 32.2. The van der Waals surface area contributed by atoms with Gasteiger partial charge in [0.15, 0.2) is 0 Å². The summed E-state index contributed by atoms with van der Waals surface area (Å²) in [4.78, 5) is 17.7. The van der Waals surface area contributed by atoms with Crippen molar-refractivity contribution in [3.05, 3.63) is 59.2 Å². The lowest BCUT2D eigenvalue weighted by atomic mass is 10.1. The van der Waals surface area contributed by atoms with Crippen molar-refractivity contribution in [3.8, 4) is 0 Å². The second kappa shape index (κ2) is 11.0. The van der Waals surface area contributed by atoms with Gasteiger partial charge in [0.1, 0.15) is 0 Å². The van der Waals surface area contributed by atoms with E-state index in [0.29, 0.717) is 16.8 Å². The summed E-state index contributed by atoms with van der Waals surface area (Å²) in [7, 11) is -0.0911. The molecule has 1 aliphatic rings. The van der Waals surface area contributed by atoms with Gasteiger partial charge >= 0.3 is 0 Å². The van der Waals surface area contributed by atoms with E-state index in [4.69, 9.17) is 4.74 Å². The molecule has 3 rings (SSSR count). The van der Waals surface area contributed by atoms with Crippen molar-refractivity contribution in [2.24, 2.45) is 0 Å². The van der Waals surface area contributed by atoms with Crippen LogP contribution in [0.25, 0.3) is 0 Å². The van der Waals surface area contributed by atoms with Crippen LogP contribution in [0.4, 0.5) is 5.69 Å². The molecule has 0 bridgehead atoms.